The van der Waals surface area contributed by atoms with Crippen LogP contribution < -0.4 is 15.2 Å². The second-order valence-corrected chi connectivity index (χ2v) is 5.71. The van der Waals surface area contributed by atoms with Crippen LogP contribution in [-0.2, 0) is 21.4 Å². The van der Waals surface area contributed by atoms with Crippen molar-refractivity contribution in [3.05, 3.63) is 29.8 Å². The molecule has 0 heterocycles. The lowest BCUT2D eigenvalue weighted by atomic mass is 10.1. The van der Waals surface area contributed by atoms with Gasteiger partial charge in [0, 0.05) is 6.42 Å². The number of carbonyl (C=O) groups excluding carboxylic acids is 1. The Kier molecular flexibility index (Phi) is 5.71. The number of nitrogens with one attached hydrogen (secondary N) is 2. The van der Waals surface area contributed by atoms with Crippen molar-refractivity contribution in [3.8, 4) is 0 Å². The summed E-state index contributed by atoms with van der Waals surface area (Å²) in [5.41, 5.74) is 6.57. The van der Waals surface area contributed by atoms with Gasteiger partial charge < -0.3 is 10.5 Å². The molecule has 1 rings (SSSR count). The van der Waals surface area contributed by atoms with Crippen LogP contribution in [0, 0.1) is 0 Å². The Bertz CT molecular complexity index is 584. The summed E-state index contributed by atoms with van der Waals surface area (Å²) in [6.45, 7) is 1.65. The lowest BCUT2D eigenvalue weighted by molar-refractivity contribution is 0.159. The van der Waals surface area contributed by atoms with E-state index in [2.05, 4.69) is 9.46 Å². The van der Waals surface area contributed by atoms with Crippen molar-refractivity contribution >= 4 is 39.2 Å². The normalized spacial score (nSPS) is 10.7. The van der Waals surface area contributed by atoms with Crippen LogP contribution in [0.15, 0.2) is 24.3 Å². The number of benzene rings is 1. The van der Waals surface area contributed by atoms with E-state index in [0.717, 1.165) is 5.56 Å². The van der Waals surface area contributed by atoms with Crippen molar-refractivity contribution in [2.45, 2.75) is 13.3 Å². The number of thiocarbonyl (C=S) groups is 1. The highest BCUT2D eigenvalue weighted by molar-refractivity contribution is 7.91. The maximum Gasteiger partial charge on any atom is 0.422 e. The van der Waals surface area contributed by atoms with Gasteiger partial charge in [-0.2, -0.15) is 8.42 Å². The van der Waals surface area contributed by atoms with Gasteiger partial charge in [-0.05, 0) is 24.6 Å². The van der Waals surface area contributed by atoms with Gasteiger partial charge in [-0.3, -0.25) is 4.72 Å². The molecule has 0 atom stereocenters. The van der Waals surface area contributed by atoms with Gasteiger partial charge in [0.2, 0.25) is 0 Å². The molecule has 7 nitrogen and oxygen atoms in total. The number of carbonyl (C=O) groups is 1. The zero-order valence-corrected chi connectivity index (χ0v) is 12.4. The van der Waals surface area contributed by atoms with E-state index < -0.39 is 16.3 Å². The van der Waals surface area contributed by atoms with Gasteiger partial charge in [0.05, 0.1) is 17.3 Å². The summed E-state index contributed by atoms with van der Waals surface area (Å²) in [6.07, 6.45) is -0.603. The quantitative estimate of drug-likeness (QED) is 0.673. The number of amides is 1. The molecule has 9 heteroatoms. The number of anilines is 1. The number of hydrogen-bond donors (Lipinski definition) is 3. The number of rotatable bonds is 6. The molecule has 0 aliphatic carbocycles. The fourth-order valence-corrected chi connectivity index (χ4v) is 2.29. The lowest BCUT2D eigenvalue weighted by Gasteiger charge is -2.09. The second-order valence-electron chi connectivity index (χ2n) is 3.77. The minimum absolute atomic E-state index is 0.0784. The molecule has 0 saturated heterocycles. The van der Waals surface area contributed by atoms with Crippen LogP contribution >= 0.6 is 12.2 Å². The Balaban J connectivity index is 2.68. The first-order valence-electron chi connectivity index (χ1n) is 5.67. The molecule has 0 unspecified atom stereocenters. The van der Waals surface area contributed by atoms with Gasteiger partial charge in [0.1, 0.15) is 0 Å². The molecule has 1 aromatic carbocycles. The number of hydrogen-bond acceptors (Lipinski definition) is 5. The van der Waals surface area contributed by atoms with Crippen LogP contribution in [0.2, 0.25) is 0 Å². The maximum atomic E-state index is 11.6. The maximum absolute atomic E-state index is 11.6. The van der Waals surface area contributed by atoms with Crippen LogP contribution in [0.3, 0.4) is 0 Å². The Morgan fingerprint density at radius 3 is 2.45 bits per heavy atom. The highest BCUT2D eigenvalue weighted by Gasteiger charge is 2.14. The molecule has 1 amide bonds. The molecule has 110 valence electrons. The van der Waals surface area contributed by atoms with E-state index in [4.69, 9.17) is 18.0 Å². The van der Waals surface area contributed by atoms with Crippen LogP contribution in [0.4, 0.5) is 10.5 Å². The molecule has 0 saturated carbocycles. The van der Waals surface area contributed by atoms with Crippen molar-refractivity contribution in [3.63, 3.8) is 0 Å². The third kappa shape index (κ3) is 5.85. The minimum Gasteiger partial charge on any atom is -0.449 e. The Labute approximate surface area is 122 Å². The lowest BCUT2D eigenvalue weighted by Crippen LogP contribution is -2.35. The molecule has 1 aromatic rings. The monoisotopic (exact) mass is 317 g/mol. The SMILES string of the molecule is CCOC(=O)NS(=O)(=O)Nc1ccc(CC(N)=S)cc1. The Morgan fingerprint density at radius 1 is 1.35 bits per heavy atom. The van der Waals surface area contributed by atoms with E-state index in [9.17, 15) is 13.2 Å². The molecule has 0 aromatic heterocycles. The average molecular weight is 317 g/mol. The average Bonchev–Trinajstić information content (AvgIpc) is 2.30. The van der Waals surface area contributed by atoms with Gasteiger partial charge in [-0.1, -0.05) is 24.4 Å². The third-order valence-electron chi connectivity index (χ3n) is 2.08. The summed E-state index contributed by atoms with van der Waals surface area (Å²) in [4.78, 5) is 11.4. The van der Waals surface area contributed by atoms with Crippen molar-refractivity contribution in [2.24, 2.45) is 5.73 Å². The van der Waals surface area contributed by atoms with Gasteiger partial charge in [-0.25, -0.2) is 9.52 Å². The highest BCUT2D eigenvalue weighted by atomic mass is 32.2. The number of nitrogens with two attached hydrogens (primary N) is 1. The molecule has 0 aliphatic rings. The summed E-state index contributed by atoms with van der Waals surface area (Å²) in [5.74, 6) is 0. The first-order valence-corrected chi connectivity index (χ1v) is 7.56. The van der Waals surface area contributed by atoms with Gasteiger partial charge in [-0.15, -0.1) is 0 Å². The van der Waals surface area contributed by atoms with Gasteiger partial charge >= 0.3 is 16.3 Å². The Hall–Kier alpha value is -1.87. The van der Waals surface area contributed by atoms with Crippen LogP contribution in [0.1, 0.15) is 12.5 Å². The van der Waals surface area contributed by atoms with Crippen molar-refractivity contribution in [1.82, 2.24) is 4.72 Å². The number of ether oxygens (including phenoxy) is 1. The van der Waals surface area contributed by atoms with E-state index in [1.54, 1.807) is 23.8 Å². The van der Waals surface area contributed by atoms with Crippen molar-refractivity contribution in [2.75, 3.05) is 11.3 Å². The standard InChI is InChI=1S/C11H15N3O4S2/c1-2-18-11(15)14-20(16,17)13-9-5-3-8(4-6-9)7-10(12)19/h3-6,13H,2,7H2,1H3,(H2,12,19)(H,14,15). The fourth-order valence-electron chi connectivity index (χ4n) is 1.34. The van der Waals surface area contributed by atoms with E-state index in [1.165, 1.54) is 12.1 Å². The zero-order chi connectivity index (χ0) is 15.2. The van der Waals surface area contributed by atoms with Gasteiger partial charge in [0.15, 0.2) is 0 Å². The predicted molar refractivity (Wildman–Crippen MR) is 79.6 cm³/mol. The van der Waals surface area contributed by atoms with Crippen LogP contribution in [0.25, 0.3) is 0 Å². The topological polar surface area (TPSA) is 111 Å². The van der Waals surface area contributed by atoms with Crippen LogP contribution in [-0.4, -0.2) is 26.1 Å². The highest BCUT2D eigenvalue weighted by Crippen LogP contribution is 2.11. The molecule has 0 spiro atoms. The summed E-state index contributed by atoms with van der Waals surface area (Å²) in [6, 6.07) is 6.44. The smallest absolute Gasteiger partial charge is 0.422 e. The van der Waals surface area contributed by atoms with Crippen LogP contribution in [0.5, 0.6) is 0 Å². The predicted octanol–water partition coefficient (Wildman–Crippen LogP) is 0.918. The van der Waals surface area contributed by atoms with E-state index >= 15 is 0 Å². The summed E-state index contributed by atoms with van der Waals surface area (Å²) < 4.78 is 31.5. The first kappa shape index (κ1) is 16.2. The second kappa shape index (κ2) is 7.06. The van der Waals surface area contributed by atoms with E-state index in [-0.39, 0.29) is 6.61 Å². The third-order valence-corrected chi connectivity index (χ3v) is 3.16. The molecular weight excluding hydrogens is 302 g/mol. The summed E-state index contributed by atoms with van der Waals surface area (Å²) >= 11 is 4.78. The molecule has 4 N–H and O–H groups in total. The van der Waals surface area contributed by atoms with Gasteiger partial charge in [0.25, 0.3) is 0 Å². The fraction of sp³-hybridized carbons (Fsp3) is 0.273. The Morgan fingerprint density at radius 2 is 1.95 bits per heavy atom. The largest absolute Gasteiger partial charge is 0.449 e. The molecular formula is C11H15N3O4S2. The van der Waals surface area contributed by atoms with E-state index in [1.807, 2.05) is 0 Å². The minimum atomic E-state index is -4.02. The zero-order valence-electron chi connectivity index (χ0n) is 10.8. The summed E-state index contributed by atoms with van der Waals surface area (Å²) in [5, 5.41) is 0. The molecule has 0 fully saturated rings. The van der Waals surface area contributed by atoms with Crippen molar-refractivity contribution < 1.29 is 17.9 Å². The molecule has 20 heavy (non-hydrogen) atoms. The van der Waals surface area contributed by atoms with E-state index in [0.29, 0.717) is 17.1 Å². The molecule has 0 aliphatic heterocycles. The van der Waals surface area contributed by atoms with Crippen molar-refractivity contribution in [1.29, 1.82) is 0 Å². The molecule has 0 radical (unpaired) electrons. The first-order chi connectivity index (χ1) is 9.32. The molecule has 0 bridgehead atoms. The summed E-state index contributed by atoms with van der Waals surface area (Å²) in [7, 11) is -4.02.